The van der Waals surface area contributed by atoms with Gasteiger partial charge >= 0.3 is 0 Å². The standard InChI is InChI=1S/C13H17N7O/c1-4-20-8(3)10(7(2)19-20)18-13-11-12(15-6-16-13)14-5-9(21)17-11/h6H,4-5H2,1-3H3,(H,17,21)(H2,14,15,16,18). The van der Waals surface area contributed by atoms with Crippen LogP contribution in [0.2, 0.25) is 0 Å². The Bertz CT molecular complexity index is 707. The first-order valence-corrected chi connectivity index (χ1v) is 6.80. The molecule has 3 heterocycles. The van der Waals surface area contributed by atoms with Crippen LogP contribution >= 0.6 is 0 Å². The molecule has 0 atom stereocenters. The molecule has 0 bridgehead atoms. The SMILES string of the molecule is CCn1nc(C)c(Nc2ncnc3c2NC(=O)CN3)c1C. The highest BCUT2D eigenvalue weighted by molar-refractivity contribution is 6.03. The molecular weight excluding hydrogens is 270 g/mol. The van der Waals surface area contributed by atoms with Crippen molar-refractivity contribution in [2.24, 2.45) is 0 Å². The number of nitrogens with zero attached hydrogens (tertiary/aromatic N) is 4. The number of aromatic nitrogens is 4. The van der Waals surface area contributed by atoms with Gasteiger partial charge < -0.3 is 16.0 Å². The van der Waals surface area contributed by atoms with Crippen LogP contribution in [-0.2, 0) is 11.3 Å². The van der Waals surface area contributed by atoms with Crippen LogP contribution in [0.4, 0.5) is 23.0 Å². The summed E-state index contributed by atoms with van der Waals surface area (Å²) in [5.41, 5.74) is 3.38. The summed E-state index contributed by atoms with van der Waals surface area (Å²) in [6.45, 7) is 6.99. The van der Waals surface area contributed by atoms with Gasteiger partial charge in [0.25, 0.3) is 0 Å². The van der Waals surface area contributed by atoms with Crippen molar-refractivity contribution in [1.82, 2.24) is 19.7 Å². The first kappa shape index (κ1) is 13.3. The van der Waals surface area contributed by atoms with Crippen LogP contribution in [0.5, 0.6) is 0 Å². The van der Waals surface area contributed by atoms with Crippen LogP contribution in [0.3, 0.4) is 0 Å². The van der Waals surface area contributed by atoms with E-state index in [1.54, 1.807) is 0 Å². The van der Waals surface area contributed by atoms with Gasteiger partial charge in [0, 0.05) is 6.54 Å². The van der Waals surface area contributed by atoms with Crippen LogP contribution in [0.1, 0.15) is 18.3 Å². The van der Waals surface area contributed by atoms with Gasteiger partial charge in [-0.25, -0.2) is 9.97 Å². The van der Waals surface area contributed by atoms with E-state index in [-0.39, 0.29) is 12.5 Å². The molecule has 0 unspecified atom stereocenters. The molecule has 1 aliphatic heterocycles. The molecule has 0 radical (unpaired) electrons. The van der Waals surface area contributed by atoms with Gasteiger partial charge in [-0.3, -0.25) is 9.48 Å². The van der Waals surface area contributed by atoms with Gasteiger partial charge in [-0.1, -0.05) is 0 Å². The van der Waals surface area contributed by atoms with Crippen LogP contribution in [0.15, 0.2) is 6.33 Å². The fraction of sp³-hybridized carbons (Fsp3) is 0.385. The molecule has 2 aromatic rings. The second-order valence-electron chi connectivity index (χ2n) is 4.83. The lowest BCUT2D eigenvalue weighted by Crippen LogP contribution is -2.28. The average molecular weight is 287 g/mol. The van der Waals surface area contributed by atoms with Crippen LogP contribution in [-0.4, -0.2) is 32.2 Å². The van der Waals surface area contributed by atoms with Gasteiger partial charge in [-0.05, 0) is 20.8 Å². The number of rotatable bonds is 3. The molecule has 0 fully saturated rings. The largest absolute Gasteiger partial charge is 0.359 e. The van der Waals surface area contributed by atoms with E-state index < -0.39 is 0 Å². The highest BCUT2D eigenvalue weighted by Gasteiger charge is 2.21. The summed E-state index contributed by atoms with van der Waals surface area (Å²) < 4.78 is 1.92. The molecule has 0 saturated heterocycles. The summed E-state index contributed by atoms with van der Waals surface area (Å²) in [5.74, 6) is 1.06. The van der Waals surface area contributed by atoms with E-state index in [0.717, 1.165) is 23.6 Å². The molecule has 0 saturated carbocycles. The summed E-state index contributed by atoms with van der Waals surface area (Å²) in [4.78, 5) is 19.9. The molecule has 3 rings (SSSR count). The van der Waals surface area contributed by atoms with Crippen molar-refractivity contribution in [3.8, 4) is 0 Å². The smallest absolute Gasteiger partial charge is 0.243 e. The Hall–Kier alpha value is -2.64. The van der Waals surface area contributed by atoms with Gasteiger partial charge in [0.15, 0.2) is 11.6 Å². The van der Waals surface area contributed by atoms with Crippen LogP contribution in [0, 0.1) is 13.8 Å². The van der Waals surface area contributed by atoms with Crippen molar-refractivity contribution in [3.63, 3.8) is 0 Å². The number of carbonyl (C=O) groups is 1. The third-order valence-corrected chi connectivity index (χ3v) is 3.45. The van der Waals surface area contributed by atoms with E-state index in [2.05, 4.69) is 31.0 Å². The summed E-state index contributed by atoms with van der Waals surface area (Å²) in [5, 5.41) is 13.5. The van der Waals surface area contributed by atoms with Crippen molar-refractivity contribution in [1.29, 1.82) is 0 Å². The van der Waals surface area contributed by atoms with Crippen molar-refractivity contribution >= 4 is 28.9 Å². The summed E-state index contributed by atoms with van der Waals surface area (Å²) in [6, 6.07) is 0. The third kappa shape index (κ3) is 2.28. The zero-order chi connectivity index (χ0) is 15.0. The Morgan fingerprint density at radius 1 is 1.38 bits per heavy atom. The maximum atomic E-state index is 11.5. The molecule has 1 amide bonds. The lowest BCUT2D eigenvalue weighted by molar-refractivity contribution is -0.114. The van der Waals surface area contributed by atoms with Gasteiger partial charge in [0.05, 0.1) is 23.6 Å². The molecule has 0 aliphatic carbocycles. The van der Waals surface area contributed by atoms with Crippen LogP contribution < -0.4 is 16.0 Å². The van der Waals surface area contributed by atoms with Crippen LogP contribution in [0.25, 0.3) is 0 Å². The van der Waals surface area contributed by atoms with Crippen molar-refractivity contribution in [2.45, 2.75) is 27.3 Å². The second-order valence-corrected chi connectivity index (χ2v) is 4.83. The second kappa shape index (κ2) is 5.04. The number of hydrogen-bond donors (Lipinski definition) is 3. The van der Waals surface area contributed by atoms with E-state index in [9.17, 15) is 4.79 Å². The number of nitrogens with one attached hydrogen (secondary N) is 3. The maximum absolute atomic E-state index is 11.5. The molecule has 2 aromatic heterocycles. The van der Waals surface area contributed by atoms with Crippen molar-refractivity contribution in [3.05, 3.63) is 17.7 Å². The van der Waals surface area contributed by atoms with Gasteiger partial charge in [-0.15, -0.1) is 0 Å². The lowest BCUT2D eigenvalue weighted by Gasteiger charge is -2.20. The Labute approximate surface area is 122 Å². The van der Waals surface area contributed by atoms with E-state index in [4.69, 9.17) is 0 Å². The van der Waals surface area contributed by atoms with Gasteiger partial charge in [-0.2, -0.15) is 5.10 Å². The number of amides is 1. The van der Waals surface area contributed by atoms with E-state index in [1.165, 1.54) is 6.33 Å². The molecule has 1 aliphatic rings. The minimum Gasteiger partial charge on any atom is -0.359 e. The van der Waals surface area contributed by atoms with Gasteiger partial charge in [0.1, 0.15) is 12.0 Å². The molecule has 0 aromatic carbocycles. The number of anilines is 4. The lowest BCUT2D eigenvalue weighted by atomic mass is 10.3. The highest BCUT2D eigenvalue weighted by Crippen LogP contribution is 2.32. The zero-order valence-electron chi connectivity index (χ0n) is 12.2. The van der Waals surface area contributed by atoms with Crippen molar-refractivity contribution in [2.75, 3.05) is 22.5 Å². The number of carbonyl (C=O) groups excluding carboxylic acids is 1. The van der Waals surface area contributed by atoms with Crippen molar-refractivity contribution < 1.29 is 4.79 Å². The monoisotopic (exact) mass is 287 g/mol. The molecule has 3 N–H and O–H groups in total. The summed E-state index contributed by atoms with van der Waals surface area (Å²) in [7, 11) is 0. The fourth-order valence-electron chi connectivity index (χ4n) is 2.38. The number of fused-ring (bicyclic) bond motifs is 1. The maximum Gasteiger partial charge on any atom is 0.243 e. The molecule has 8 nitrogen and oxygen atoms in total. The Kier molecular flexibility index (Phi) is 3.20. The minimum absolute atomic E-state index is 0.113. The zero-order valence-corrected chi connectivity index (χ0v) is 12.2. The minimum atomic E-state index is -0.113. The first-order chi connectivity index (χ1) is 10.1. The fourth-order valence-corrected chi connectivity index (χ4v) is 2.38. The first-order valence-electron chi connectivity index (χ1n) is 6.80. The predicted octanol–water partition coefficient (Wildman–Crippen LogP) is 1.42. The predicted molar refractivity (Wildman–Crippen MR) is 79.8 cm³/mol. The average Bonchev–Trinajstić information content (AvgIpc) is 2.75. The Morgan fingerprint density at radius 2 is 2.19 bits per heavy atom. The molecule has 21 heavy (non-hydrogen) atoms. The summed E-state index contributed by atoms with van der Waals surface area (Å²) >= 11 is 0. The Morgan fingerprint density at radius 3 is 2.90 bits per heavy atom. The number of aryl methyl sites for hydroxylation is 2. The van der Waals surface area contributed by atoms with Gasteiger partial charge in [0.2, 0.25) is 5.91 Å². The normalized spacial score (nSPS) is 13.4. The molecule has 0 spiro atoms. The quantitative estimate of drug-likeness (QED) is 0.790. The Balaban J connectivity index is 2.00. The topological polar surface area (TPSA) is 96.8 Å². The molecule has 110 valence electrons. The third-order valence-electron chi connectivity index (χ3n) is 3.45. The van der Waals surface area contributed by atoms with E-state index >= 15 is 0 Å². The highest BCUT2D eigenvalue weighted by atomic mass is 16.2. The van der Waals surface area contributed by atoms with E-state index in [0.29, 0.717) is 17.3 Å². The molecular formula is C13H17N7O. The molecule has 8 heteroatoms. The number of hydrogen-bond acceptors (Lipinski definition) is 6. The summed E-state index contributed by atoms with van der Waals surface area (Å²) in [6.07, 6.45) is 1.46. The van der Waals surface area contributed by atoms with E-state index in [1.807, 2.05) is 25.5 Å².